The number of anilines is 1. The summed E-state index contributed by atoms with van der Waals surface area (Å²) in [6.45, 7) is 1.82. The van der Waals surface area contributed by atoms with E-state index in [2.05, 4.69) is 10.6 Å². The van der Waals surface area contributed by atoms with E-state index in [-0.39, 0.29) is 17.9 Å². The highest BCUT2D eigenvalue weighted by Crippen LogP contribution is 2.13. The highest BCUT2D eigenvalue weighted by Gasteiger charge is 2.21. The van der Waals surface area contributed by atoms with Crippen molar-refractivity contribution in [2.75, 3.05) is 25.5 Å². The van der Waals surface area contributed by atoms with Gasteiger partial charge in [-0.25, -0.2) is 9.18 Å². The summed E-state index contributed by atoms with van der Waals surface area (Å²) in [5, 5.41) is 5.96. The first-order valence-electron chi connectivity index (χ1n) is 6.17. The predicted molar refractivity (Wildman–Crippen MR) is 69.1 cm³/mol. The number of carbonyl (C=O) groups excluding carboxylic acids is 1. The number of nitrogens with zero attached hydrogens (tertiary/aromatic N) is 1. The Balaban J connectivity index is 1.94. The zero-order chi connectivity index (χ0) is 13.0. The lowest BCUT2D eigenvalue weighted by molar-refractivity contribution is 0.191. The van der Waals surface area contributed by atoms with Crippen LogP contribution in [0.15, 0.2) is 24.3 Å². The molecule has 5 heteroatoms. The molecule has 1 fully saturated rings. The zero-order valence-corrected chi connectivity index (χ0v) is 10.4. The standard InChI is InChI=1S/C13H18FN3O/c1-17(12-6-3-7-15-9-12)13(18)16-11-5-2-4-10(14)8-11/h2,4-5,8,12,15H,3,6-7,9H2,1H3,(H,16,18). The van der Waals surface area contributed by atoms with Gasteiger partial charge in [0.05, 0.1) is 0 Å². The van der Waals surface area contributed by atoms with Crippen LogP contribution in [0.5, 0.6) is 0 Å². The number of rotatable bonds is 2. The maximum atomic E-state index is 13.0. The van der Waals surface area contributed by atoms with Crippen LogP contribution in [0, 0.1) is 5.82 Å². The first kappa shape index (κ1) is 12.8. The van der Waals surface area contributed by atoms with Gasteiger partial charge in [0.2, 0.25) is 0 Å². The Bertz CT molecular complexity index is 418. The maximum Gasteiger partial charge on any atom is 0.321 e. The molecule has 2 amide bonds. The van der Waals surface area contributed by atoms with E-state index >= 15 is 0 Å². The molecule has 98 valence electrons. The van der Waals surface area contributed by atoms with Crippen LogP contribution >= 0.6 is 0 Å². The second kappa shape index (κ2) is 5.82. The molecule has 1 aliphatic heterocycles. The Kier molecular flexibility index (Phi) is 4.15. The molecule has 2 N–H and O–H groups in total. The van der Waals surface area contributed by atoms with Crippen molar-refractivity contribution in [3.8, 4) is 0 Å². The SMILES string of the molecule is CN(C(=O)Nc1cccc(F)c1)C1CCCNC1. The molecule has 0 bridgehead atoms. The molecule has 1 aromatic carbocycles. The van der Waals surface area contributed by atoms with Crippen molar-refractivity contribution in [2.24, 2.45) is 0 Å². The van der Waals surface area contributed by atoms with Crippen molar-refractivity contribution in [1.82, 2.24) is 10.2 Å². The minimum Gasteiger partial charge on any atom is -0.323 e. The van der Waals surface area contributed by atoms with Crippen molar-refractivity contribution < 1.29 is 9.18 Å². The van der Waals surface area contributed by atoms with Crippen molar-refractivity contribution in [3.63, 3.8) is 0 Å². The van der Waals surface area contributed by atoms with E-state index < -0.39 is 0 Å². The van der Waals surface area contributed by atoms with Gasteiger partial charge >= 0.3 is 6.03 Å². The lowest BCUT2D eigenvalue weighted by atomic mass is 10.1. The van der Waals surface area contributed by atoms with Gasteiger partial charge in [-0.1, -0.05) is 6.07 Å². The van der Waals surface area contributed by atoms with E-state index in [0.717, 1.165) is 25.9 Å². The van der Waals surface area contributed by atoms with E-state index in [4.69, 9.17) is 0 Å². The topological polar surface area (TPSA) is 44.4 Å². The predicted octanol–water partition coefficient (Wildman–Crippen LogP) is 2.04. The second-order valence-corrected chi connectivity index (χ2v) is 4.55. The molecule has 1 aromatic rings. The quantitative estimate of drug-likeness (QED) is 0.845. The maximum absolute atomic E-state index is 13.0. The number of amides is 2. The highest BCUT2D eigenvalue weighted by molar-refractivity contribution is 5.89. The molecule has 1 aliphatic rings. The minimum atomic E-state index is -0.352. The smallest absolute Gasteiger partial charge is 0.321 e. The van der Waals surface area contributed by atoms with Crippen LogP contribution in [-0.2, 0) is 0 Å². The average Bonchev–Trinajstić information content (AvgIpc) is 2.39. The summed E-state index contributed by atoms with van der Waals surface area (Å²) in [4.78, 5) is 13.7. The molecule has 4 nitrogen and oxygen atoms in total. The van der Waals surface area contributed by atoms with Gasteiger partial charge in [-0.2, -0.15) is 0 Å². The number of piperidine rings is 1. The number of benzene rings is 1. The van der Waals surface area contributed by atoms with Gasteiger partial charge in [-0.15, -0.1) is 0 Å². The Morgan fingerprint density at radius 1 is 1.56 bits per heavy atom. The summed E-state index contributed by atoms with van der Waals surface area (Å²) in [6, 6.07) is 5.91. The fraction of sp³-hybridized carbons (Fsp3) is 0.462. The number of hydrogen-bond donors (Lipinski definition) is 2. The third kappa shape index (κ3) is 3.20. The molecular weight excluding hydrogens is 233 g/mol. The molecule has 0 radical (unpaired) electrons. The Morgan fingerprint density at radius 3 is 3.06 bits per heavy atom. The number of carbonyl (C=O) groups is 1. The molecule has 0 spiro atoms. The highest BCUT2D eigenvalue weighted by atomic mass is 19.1. The van der Waals surface area contributed by atoms with Crippen LogP contribution in [-0.4, -0.2) is 37.1 Å². The number of hydrogen-bond acceptors (Lipinski definition) is 2. The number of nitrogens with one attached hydrogen (secondary N) is 2. The Labute approximate surface area is 106 Å². The first-order chi connectivity index (χ1) is 8.66. The van der Waals surface area contributed by atoms with E-state index in [1.54, 1.807) is 24.1 Å². The number of likely N-dealkylation sites (N-methyl/N-ethyl adjacent to an activating group) is 1. The van der Waals surface area contributed by atoms with Gasteiger partial charge in [0.1, 0.15) is 5.82 Å². The van der Waals surface area contributed by atoms with E-state index in [1.165, 1.54) is 12.1 Å². The van der Waals surface area contributed by atoms with E-state index in [9.17, 15) is 9.18 Å². The summed E-state index contributed by atoms with van der Waals surface area (Å²) in [5.41, 5.74) is 0.482. The van der Waals surface area contributed by atoms with Crippen molar-refractivity contribution in [1.29, 1.82) is 0 Å². The minimum absolute atomic E-state index is 0.200. The lowest BCUT2D eigenvalue weighted by Crippen LogP contribution is -2.48. The van der Waals surface area contributed by atoms with Crippen LogP contribution in [0.2, 0.25) is 0 Å². The van der Waals surface area contributed by atoms with Crippen molar-refractivity contribution in [2.45, 2.75) is 18.9 Å². The summed E-state index contributed by atoms with van der Waals surface area (Å²) in [7, 11) is 1.77. The van der Waals surface area contributed by atoms with E-state index in [0.29, 0.717) is 5.69 Å². The normalized spacial score (nSPS) is 19.3. The lowest BCUT2D eigenvalue weighted by Gasteiger charge is -2.31. The van der Waals surface area contributed by atoms with Gasteiger partial charge in [0.15, 0.2) is 0 Å². The summed E-state index contributed by atoms with van der Waals surface area (Å²) in [6.07, 6.45) is 2.07. The second-order valence-electron chi connectivity index (χ2n) is 4.55. The Hall–Kier alpha value is -1.62. The largest absolute Gasteiger partial charge is 0.323 e. The van der Waals surface area contributed by atoms with Gasteiger partial charge in [0.25, 0.3) is 0 Å². The number of halogens is 1. The molecule has 2 rings (SSSR count). The summed E-state index contributed by atoms with van der Waals surface area (Å²) < 4.78 is 13.0. The molecule has 1 atom stereocenters. The van der Waals surface area contributed by atoms with Crippen LogP contribution in [0.4, 0.5) is 14.9 Å². The van der Waals surface area contributed by atoms with Gasteiger partial charge in [0, 0.05) is 25.3 Å². The van der Waals surface area contributed by atoms with Gasteiger partial charge in [-0.3, -0.25) is 0 Å². The third-order valence-electron chi connectivity index (χ3n) is 3.21. The Morgan fingerprint density at radius 2 is 2.39 bits per heavy atom. The average molecular weight is 251 g/mol. The summed E-state index contributed by atoms with van der Waals surface area (Å²) >= 11 is 0. The summed E-state index contributed by atoms with van der Waals surface area (Å²) in [5.74, 6) is -0.352. The van der Waals surface area contributed by atoms with Crippen LogP contribution in [0.1, 0.15) is 12.8 Å². The molecule has 18 heavy (non-hydrogen) atoms. The third-order valence-corrected chi connectivity index (χ3v) is 3.21. The fourth-order valence-electron chi connectivity index (χ4n) is 2.11. The monoisotopic (exact) mass is 251 g/mol. The van der Waals surface area contributed by atoms with Gasteiger partial charge in [-0.05, 0) is 37.6 Å². The zero-order valence-electron chi connectivity index (χ0n) is 10.4. The molecule has 0 aromatic heterocycles. The first-order valence-corrected chi connectivity index (χ1v) is 6.17. The molecular formula is C13H18FN3O. The molecule has 1 heterocycles. The molecule has 1 unspecified atom stereocenters. The van der Waals surface area contributed by atoms with Crippen LogP contribution < -0.4 is 10.6 Å². The fourth-order valence-corrected chi connectivity index (χ4v) is 2.11. The molecule has 0 aliphatic carbocycles. The van der Waals surface area contributed by atoms with Crippen LogP contribution in [0.25, 0.3) is 0 Å². The van der Waals surface area contributed by atoms with E-state index in [1.807, 2.05) is 0 Å². The molecule has 1 saturated heterocycles. The number of urea groups is 1. The van der Waals surface area contributed by atoms with Crippen molar-refractivity contribution >= 4 is 11.7 Å². The van der Waals surface area contributed by atoms with Crippen molar-refractivity contribution in [3.05, 3.63) is 30.1 Å². The van der Waals surface area contributed by atoms with Gasteiger partial charge < -0.3 is 15.5 Å². The van der Waals surface area contributed by atoms with Crippen LogP contribution in [0.3, 0.4) is 0 Å². The molecule has 0 saturated carbocycles.